The molecule has 8 nitrogen and oxygen atoms in total. The van der Waals surface area contributed by atoms with Gasteiger partial charge in [-0.3, -0.25) is 9.52 Å². The molecule has 0 heterocycles. The average Bonchev–Trinajstić information content (AvgIpc) is 2.85. The molecule has 3 rings (SSSR count). The van der Waals surface area contributed by atoms with Crippen molar-refractivity contribution in [3.8, 4) is 5.75 Å². The van der Waals surface area contributed by atoms with Crippen molar-refractivity contribution in [1.29, 1.82) is 0 Å². The number of anilines is 2. The fourth-order valence-electron chi connectivity index (χ4n) is 3.18. The number of esters is 1. The highest BCUT2D eigenvalue weighted by molar-refractivity contribution is 9.10. The summed E-state index contributed by atoms with van der Waals surface area (Å²) in [5, 5.41) is 0. The van der Waals surface area contributed by atoms with Gasteiger partial charge in [-0.1, -0.05) is 34.1 Å². The van der Waals surface area contributed by atoms with Crippen LogP contribution in [0, 0.1) is 0 Å². The molecule has 1 amide bonds. The van der Waals surface area contributed by atoms with E-state index in [-0.39, 0.29) is 27.8 Å². The van der Waals surface area contributed by atoms with Crippen LogP contribution in [-0.2, 0) is 19.6 Å². The van der Waals surface area contributed by atoms with Gasteiger partial charge in [0.2, 0.25) is 0 Å². The zero-order valence-electron chi connectivity index (χ0n) is 19.4. The fraction of sp³-hybridized carbons (Fsp3) is 0.200. The van der Waals surface area contributed by atoms with Gasteiger partial charge in [0.1, 0.15) is 10.6 Å². The number of carbonyl (C=O) groups excluding carboxylic acids is 2. The number of nitrogens with zero attached hydrogens (tertiary/aromatic N) is 1. The number of hydrogen-bond donors (Lipinski definition) is 1. The minimum atomic E-state index is -3.96. The maximum absolute atomic E-state index is 12.9. The van der Waals surface area contributed by atoms with Crippen molar-refractivity contribution in [3.63, 3.8) is 0 Å². The van der Waals surface area contributed by atoms with Gasteiger partial charge in [-0.05, 0) is 68.4 Å². The van der Waals surface area contributed by atoms with Crippen molar-refractivity contribution in [2.45, 2.75) is 24.8 Å². The lowest BCUT2D eigenvalue weighted by Crippen LogP contribution is -2.37. The molecule has 0 bridgehead atoms. The van der Waals surface area contributed by atoms with Crippen LogP contribution in [-0.4, -0.2) is 40.1 Å². The molecule has 10 heteroatoms. The summed E-state index contributed by atoms with van der Waals surface area (Å²) in [4.78, 5) is 26.5. The lowest BCUT2D eigenvalue weighted by atomic mass is 10.2. The molecule has 1 N–H and O–H groups in total. The second-order valence-corrected chi connectivity index (χ2v) is 10.1. The normalized spacial score (nSPS) is 11.9. The molecule has 0 aliphatic heterocycles. The van der Waals surface area contributed by atoms with E-state index >= 15 is 0 Å². The van der Waals surface area contributed by atoms with E-state index in [1.165, 1.54) is 42.2 Å². The number of benzene rings is 3. The van der Waals surface area contributed by atoms with E-state index < -0.39 is 22.1 Å². The van der Waals surface area contributed by atoms with Crippen LogP contribution in [0.15, 0.2) is 82.2 Å². The van der Waals surface area contributed by atoms with Gasteiger partial charge in [-0.15, -0.1) is 0 Å². The van der Waals surface area contributed by atoms with E-state index in [0.717, 1.165) is 0 Å². The molecule has 0 saturated carbocycles. The van der Waals surface area contributed by atoms with Crippen LogP contribution in [0.4, 0.5) is 11.4 Å². The maximum atomic E-state index is 12.9. The van der Waals surface area contributed by atoms with E-state index in [2.05, 4.69) is 20.7 Å². The Labute approximate surface area is 213 Å². The smallest absolute Gasteiger partial charge is 0.338 e. The summed E-state index contributed by atoms with van der Waals surface area (Å²) in [5.74, 6) is -0.858. The number of carbonyl (C=O) groups is 2. The number of hydrogen-bond acceptors (Lipinski definition) is 6. The summed E-state index contributed by atoms with van der Waals surface area (Å²) >= 11 is 3.28. The van der Waals surface area contributed by atoms with E-state index in [4.69, 9.17) is 9.47 Å². The minimum Gasteiger partial charge on any atom is -0.492 e. The number of para-hydroxylation sites is 1. The lowest BCUT2D eigenvalue weighted by Gasteiger charge is -2.21. The second-order valence-electron chi connectivity index (χ2n) is 7.49. The molecule has 184 valence electrons. The minimum absolute atomic E-state index is 0.0212. The van der Waals surface area contributed by atoms with E-state index in [0.29, 0.717) is 16.8 Å². The van der Waals surface area contributed by atoms with Gasteiger partial charge in [0.15, 0.2) is 6.10 Å². The predicted octanol–water partition coefficient (Wildman–Crippen LogP) is 4.86. The zero-order valence-corrected chi connectivity index (χ0v) is 21.8. The number of halogens is 1. The van der Waals surface area contributed by atoms with Crippen LogP contribution in [0.25, 0.3) is 0 Å². The van der Waals surface area contributed by atoms with E-state index in [9.17, 15) is 18.0 Å². The molecule has 3 aromatic carbocycles. The first-order valence-corrected chi connectivity index (χ1v) is 13.0. The molecule has 0 fully saturated rings. The van der Waals surface area contributed by atoms with Crippen molar-refractivity contribution in [2.75, 3.05) is 23.3 Å². The standard InChI is InChI=1S/C25H25BrN2O6S/c1-4-33-22-15-12-19(26)16-23(22)35(31,32)27-20-13-10-18(11-14-20)25(30)34-17(2)24(29)28(3)21-8-6-5-7-9-21/h5-17,27H,4H2,1-3H3/t17-/m1/s1. The molecule has 0 spiro atoms. The van der Waals surface area contributed by atoms with Crippen LogP contribution in [0.3, 0.4) is 0 Å². The van der Waals surface area contributed by atoms with Crippen molar-refractivity contribution in [1.82, 2.24) is 0 Å². The molecule has 0 aliphatic carbocycles. The Kier molecular flexibility index (Phi) is 8.52. The molecular formula is C25H25BrN2O6S. The number of likely N-dealkylation sites (N-methyl/N-ethyl adjacent to an activating group) is 1. The van der Waals surface area contributed by atoms with Gasteiger partial charge in [0.05, 0.1) is 12.2 Å². The number of rotatable bonds is 9. The summed E-state index contributed by atoms with van der Waals surface area (Å²) in [7, 11) is -2.36. The Morgan fingerprint density at radius 3 is 2.31 bits per heavy atom. The molecule has 3 aromatic rings. The molecule has 0 aromatic heterocycles. The third-order valence-electron chi connectivity index (χ3n) is 4.97. The SMILES string of the molecule is CCOc1ccc(Br)cc1S(=O)(=O)Nc1ccc(C(=O)O[C@H](C)C(=O)N(C)c2ccccc2)cc1. The average molecular weight is 561 g/mol. The Morgan fingerprint density at radius 2 is 1.69 bits per heavy atom. The first-order chi connectivity index (χ1) is 16.6. The quantitative estimate of drug-likeness (QED) is 0.375. The van der Waals surface area contributed by atoms with Crippen LogP contribution in [0.1, 0.15) is 24.2 Å². The Bertz CT molecular complexity index is 1300. The molecule has 1 atom stereocenters. The van der Waals surface area contributed by atoms with Crippen LogP contribution in [0.5, 0.6) is 5.75 Å². The fourth-order valence-corrected chi connectivity index (χ4v) is 4.92. The summed E-state index contributed by atoms with van der Waals surface area (Å²) in [6.45, 7) is 3.57. The molecule has 0 saturated heterocycles. The molecule has 0 radical (unpaired) electrons. The molecule has 35 heavy (non-hydrogen) atoms. The largest absolute Gasteiger partial charge is 0.492 e. The monoisotopic (exact) mass is 560 g/mol. The van der Waals surface area contributed by atoms with Crippen LogP contribution < -0.4 is 14.4 Å². The third-order valence-corrected chi connectivity index (χ3v) is 6.87. The highest BCUT2D eigenvalue weighted by atomic mass is 79.9. The number of amides is 1. The van der Waals surface area contributed by atoms with Gasteiger partial charge >= 0.3 is 5.97 Å². The van der Waals surface area contributed by atoms with Crippen molar-refractivity contribution >= 4 is 49.2 Å². The molecule has 0 unspecified atom stereocenters. The topological polar surface area (TPSA) is 102 Å². The Morgan fingerprint density at radius 1 is 1.03 bits per heavy atom. The van der Waals surface area contributed by atoms with E-state index in [1.54, 1.807) is 50.4 Å². The van der Waals surface area contributed by atoms with Crippen LogP contribution >= 0.6 is 15.9 Å². The van der Waals surface area contributed by atoms with Gasteiger partial charge in [0, 0.05) is 22.9 Å². The first-order valence-electron chi connectivity index (χ1n) is 10.7. The third kappa shape index (κ3) is 6.61. The van der Waals surface area contributed by atoms with Gasteiger partial charge in [0.25, 0.3) is 15.9 Å². The Hall–Kier alpha value is -3.37. The van der Waals surface area contributed by atoms with Gasteiger partial charge in [-0.2, -0.15) is 0 Å². The lowest BCUT2D eigenvalue weighted by molar-refractivity contribution is -0.126. The highest BCUT2D eigenvalue weighted by Gasteiger charge is 2.24. The van der Waals surface area contributed by atoms with Crippen LogP contribution in [0.2, 0.25) is 0 Å². The molecular weight excluding hydrogens is 536 g/mol. The van der Waals surface area contributed by atoms with Crippen molar-refractivity contribution in [2.24, 2.45) is 0 Å². The zero-order chi connectivity index (χ0) is 25.6. The summed E-state index contributed by atoms with van der Waals surface area (Å²) in [6, 6.07) is 19.4. The number of nitrogens with one attached hydrogen (secondary N) is 1. The summed E-state index contributed by atoms with van der Waals surface area (Å²) < 4.78 is 39.7. The maximum Gasteiger partial charge on any atom is 0.338 e. The van der Waals surface area contributed by atoms with Crippen molar-refractivity contribution in [3.05, 3.63) is 82.8 Å². The van der Waals surface area contributed by atoms with Gasteiger partial charge in [-0.25, -0.2) is 13.2 Å². The summed E-state index contributed by atoms with van der Waals surface area (Å²) in [6.07, 6.45) is -1.01. The Balaban J connectivity index is 1.68. The predicted molar refractivity (Wildman–Crippen MR) is 137 cm³/mol. The van der Waals surface area contributed by atoms with Gasteiger partial charge < -0.3 is 14.4 Å². The molecule has 0 aliphatic rings. The van der Waals surface area contributed by atoms with Crippen molar-refractivity contribution < 1.29 is 27.5 Å². The number of sulfonamides is 1. The second kappa shape index (κ2) is 11.4. The first kappa shape index (κ1) is 26.2. The highest BCUT2D eigenvalue weighted by Crippen LogP contribution is 2.29. The van der Waals surface area contributed by atoms with E-state index in [1.807, 2.05) is 6.07 Å². The number of ether oxygens (including phenoxy) is 2. The summed E-state index contributed by atoms with van der Waals surface area (Å²) in [5.41, 5.74) is 1.10.